The molecule has 0 bridgehead atoms. The van der Waals surface area contributed by atoms with Gasteiger partial charge in [-0.1, -0.05) is 0 Å². The molecule has 3 heteroatoms. The third kappa shape index (κ3) is 0.786. The predicted octanol–water partition coefficient (Wildman–Crippen LogP) is 1.03. The second-order valence-corrected chi connectivity index (χ2v) is 3.08. The van der Waals surface area contributed by atoms with Crippen LogP contribution in [0.2, 0.25) is 0 Å². The van der Waals surface area contributed by atoms with Crippen molar-refractivity contribution in [2.75, 3.05) is 6.54 Å². The van der Waals surface area contributed by atoms with Crippen LogP contribution in [-0.2, 0) is 6.54 Å². The molecule has 52 valence electrons. The van der Waals surface area contributed by atoms with Crippen LogP contribution >= 0.6 is 11.3 Å². The maximum absolute atomic E-state index is 11.1. The summed E-state index contributed by atoms with van der Waals surface area (Å²) in [5, 5.41) is 6.99. The first-order valence-corrected chi connectivity index (χ1v) is 4.11. The molecular formula is C7H7NOS. The molecule has 1 aromatic heterocycles. The molecule has 1 aromatic rings. The Morgan fingerprint density at radius 1 is 1.40 bits per heavy atom. The van der Waals surface area contributed by atoms with Gasteiger partial charge in [0.15, 0.2) is 5.78 Å². The highest BCUT2D eigenvalue weighted by Gasteiger charge is 2.16. The van der Waals surface area contributed by atoms with Gasteiger partial charge < -0.3 is 5.32 Å². The van der Waals surface area contributed by atoms with Crippen LogP contribution in [0.25, 0.3) is 0 Å². The molecule has 0 saturated carbocycles. The number of Topliss-reactive ketones (excluding diaryl/α,β-unsaturated/α-hetero) is 1. The van der Waals surface area contributed by atoms with Gasteiger partial charge in [0.05, 0.1) is 6.54 Å². The molecular weight excluding hydrogens is 146 g/mol. The van der Waals surface area contributed by atoms with Gasteiger partial charge in [0.2, 0.25) is 0 Å². The maximum atomic E-state index is 11.1. The highest BCUT2D eigenvalue weighted by molar-refractivity contribution is 7.08. The second kappa shape index (κ2) is 2.18. The fourth-order valence-corrected chi connectivity index (χ4v) is 1.97. The van der Waals surface area contributed by atoms with Crippen molar-refractivity contribution in [2.45, 2.75) is 6.54 Å². The molecule has 2 nitrogen and oxygen atoms in total. The van der Waals surface area contributed by atoms with Crippen LogP contribution in [0.4, 0.5) is 0 Å². The molecule has 1 N–H and O–H groups in total. The van der Waals surface area contributed by atoms with E-state index in [1.807, 2.05) is 10.8 Å². The molecule has 2 heterocycles. The molecule has 0 fully saturated rings. The van der Waals surface area contributed by atoms with Crippen LogP contribution in [-0.4, -0.2) is 12.3 Å². The average Bonchev–Trinajstić information content (AvgIpc) is 2.36. The Balaban J connectivity index is 2.50. The molecule has 0 aromatic carbocycles. The van der Waals surface area contributed by atoms with Crippen molar-refractivity contribution in [2.24, 2.45) is 0 Å². The van der Waals surface area contributed by atoms with Crippen molar-refractivity contribution in [1.82, 2.24) is 5.32 Å². The quantitative estimate of drug-likeness (QED) is 0.603. The lowest BCUT2D eigenvalue weighted by atomic mass is 10.1. The molecule has 10 heavy (non-hydrogen) atoms. The van der Waals surface area contributed by atoms with Crippen molar-refractivity contribution < 1.29 is 4.79 Å². The van der Waals surface area contributed by atoms with E-state index in [9.17, 15) is 4.79 Å². The topological polar surface area (TPSA) is 29.1 Å². The van der Waals surface area contributed by atoms with Crippen LogP contribution in [0.15, 0.2) is 10.8 Å². The van der Waals surface area contributed by atoms with Gasteiger partial charge in [-0.05, 0) is 10.9 Å². The van der Waals surface area contributed by atoms with Gasteiger partial charge in [-0.2, -0.15) is 11.3 Å². The molecule has 1 aliphatic rings. The lowest BCUT2D eigenvalue weighted by Crippen LogP contribution is -2.28. The maximum Gasteiger partial charge on any atom is 0.177 e. The van der Waals surface area contributed by atoms with E-state index in [0.717, 1.165) is 17.7 Å². The van der Waals surface area contributed by atoms with Gasteiger partial charge in [0.25, 0.3) is 0 Å². The SMILES string of the molecule is O=C1CNCc2cscc21. The van der Waals surface area contributed by atoms with Crippen molar-refractivity contribution in [3.8, 4) is 0 Å². The molecule has 0 amide bonds. The summed E-state index contributed by atoms with van der Waals surface area (Å²) < 4.78 is 0. The lowest BCUT2D eigenvalue weighted by molar-refractivity contribution is 0.0983. The standard InChI is InChI=1S/C7H7NOS/c9-7-2-8-1-5-3-10-4-6(5)7/h3-4,8H,1-2H2. The number of hydrogen-bond acceptors (Lipinski definition) is 3. The Labute approximate surface area is 62.9 Å². The zero-order valence-corrected chi connectivity index (χ0v) is 6.20. The van der Waals surface area contributed by atoms with Gasteiger partial charge in [-0.15, -0.1) is 0 Å². The summed E-state index contributed by atoms with van der Waals surface area (Å²) in [6.07, 6.45) is 0. The van der Waals surface area contributed by atoms with Crippen LogP contribution in [0.5, 0.6) is 0 Å². The molecule has 0 radical (unpaired) electrons. The third-order valence-electron chi connectivity index (χ3n) is 1.64. The number of nitrogens with one attached hydrogen (secondary N) is 1. The fraction of sp³-hybridized carbons (Fsp3) is 0.286. The minimum absolute atomic E-state index is 0.225. The zero-order valence-electron chi connectivity index (χ0n) is 5.39. The van der Waals surface area contributed by atoms with Gasteiger partial charge >= 0.3 is 0 Å². The number of fused-ring (bicyclic) bond motifs is 1. The number of rotatable bonds is 0. The van der Waals surface area contributed by atoms with Crippen LogP contribution in [0.1, 0.15) is 15.9 Å². The van der Waals surface area contributed by atoms with E-state index in [2.05, 4.69) is 5.32 Å². The highest BCUT2D eigenvalue weighted by atomic mass is 32.1. The Kier molecular flexibility index (Phi) is 1.32. The van der Waals surface area contributed by atoms with Crippen molar-refractivity contribution in [1.29, 1.82) is 0 Å². The summed E-state index contributed by atoms with van der Waals surface area (Å²) >= 11 is 1.60. The Hall–Kier alpha value is -0.670. The summed E-state index contributed by atoms with van der Waals surface area (Å²) in [6, 6.07) is 0. The summed E-state index contributed by atoms with van der Waals surface area (Å²) in [5.41, 5.74) is 2.07. The van der Waals surface area contributed by atoms with Gasteiger partial charge in [0, 0.05) is 17.5 Å². The monoisotopic (exact) mass is 153 g/mol. The number of carbonyl (C=O) groups excluding carboxylic acids is 1. The van der Waals surface area contributed by atoms with E-state index >= 15 is 0 Å². The zero-order chi connectivity index (χ0) is 6.97. The lowest BCUT2D eigenvalue weighted by Gasteiger charge is -2.10. The minimum Gasteiger partial charge on any atom is -0.306 e. The Morgan fingerprint density at radius 3 is 3.10 bits per heavy atom. The fourth-order valence-electron chi connectivity index (χ4n) is 1.11. The van der Waals surface area contributed by atoms with Crippen LogP contribution < -0.4 is 5.32 Å². The van der Waals surface area contributed by atoms with E-state index in [-0.39, 0.29) is 5.78 Å². The molecule has 1 aliphatic heterocycles. The van der Waals surface area contributed by atoms with Gasteiger partial charge in [-0.3, -0.25) is 4.79 Å². The smallest absolute Gasteiger partial charge is 0.177 e. The molecule has 2 rings (SSSR count). The number of carbonyl (C=O) groups is 1. The first kappa shape index (κ1) is 6.07. The normalized spacial score (nSPS) is 17.0. The van der Waals surface area contributed by atoms with E-state index in [0.29, 0.717) is 6.54 Å². The first-order chi connectivity index (χ1) is 4.88. The first-order valence-electron chi connectivity index (χ1n) is 3.17. The van der Waals surface area contributed by atoms with Crippen molar-refractivity contribution in [3.63, 3.8) is 0 Å². The highest BCUT2D eigenvalue weighted by Crippen LogP contribution is 2.17. The van der Waals surface area contributed by atoms with Gasteiger partial charge in [0.1, 0.15) is 0 Å². The predicted molar refractivity (Wildman–Crippen MR) is 40.4 cm³/mol. The Bertz CT molecular complexity index is 266. The average molecular weight is 153 g/mol. The summed E-state index contributed by atoms with van der Waals surface area (Å²) in [7, 11) is 0. The largest absolute Gasteiger partial charge is 0.306 e. The summed E-state index contributed by atoms with van der Waals surface area (Å²) in [6.45, 7) is 1.36. The van der Waals surface area contributed by atoms with Crippen molar-refractivity contribution in [3.05, 3.63) is 21.9 Å². The number of hydrogen-bond donors (Lipinski definition) is 1. The third-order valence-corrected chi connectivity index (χ3v) is 2.44. The molecule has 0 saturated heterocycles. The molecule has 0 unspecified atom stereocenters. The van der Waals surface area contributed by atoms with Gasteiger partial charge in [-0.25, -0.2) is 0 Å². The number of ketones is 1. The second-order valence-electron chi connectivity index (χ2n) is 2.34. The van der Waals surface area contributed by atoms with E-state index < -0.39 is 0 Å². The Morgan fingerprint density at radius 2 is 2.30 bits per heavy atom. The summed E-state index contributed by atoms with van der Waals surface area (Å²) in [4.78, 5) is 11.1. The van der Waals surface area contributed by atoms with E-state index in [4.69, 9.17) is 0 Å². The minimum atomic E-state index is 0.225. The number of thiophene rings is 1. The molecule has 0 aliphatic carbocycles. The van der Waals surface area contributed by atoms with E-state index in [1.165, 1.54) is 0 Å². The van der Waals surface area contributed by atoms with Crippen LogP contribution in [0, 0.1) is 0 Å². The van der Waals surface area contributed by atoms with E-state index in [1.54, 1.807) is 11.3 Å². The summed E-state index contributed by atoms with van der Waals surface area (Å²) in [5.74, 6) is 0.225. The molecule has 0 atom stereocenters. The van der Waals surface area contributed by atoms with Crippen molar-refractivity contribution >= 4 is 17.1 Å². The molecule has 0 spiro atoms. The van der Waals surface area contributed by atoms with Crippen LogP contribution in [0.3, 0.4) is 0 Å².